The van der Waals surface area contributed by atoms with Crippen LogP contribution in [0.15, 0.2) is 30.5 Å². The highest BCUT2D eigenvalue weighted by Crippen LogP contribution is 2.31. The van der Waals surface area contributed by atoms with E-state index in [1.54, 1.807) is 6.20 Å². The smallest absolute Gasteiger partial charge is 0.132 e. The van der Waals surface area contributed by atoms with Gasteiger partial charge in [-0.15, -0.1) is 0 Å². The van der Waals surface area contributed by atoms with E-state index in [9.17, 15) is 0 Å². The van der Waals surface area contributed by atoms with Gasteiger partial charge in [0.15, 0.2) is 0 Å². The van der Waals surface area contributed by atoms with Crippen LogP contribution in [0.1, 0.15) is 5.56 Å². The molecular weight excluding hydrogens is 188 g/mol. The predicted molar refractivity (Wildman–Crippen MR) is 58.9 cm³/mol. The maximum absolute atomic E-state index is 5.85. The highest BCUT2D eigenvalue weighted by molar-refractivity contribution is 5.86. The van der Waals surface area contributed by atoms with Crippen LogP contribution in [0.25, 0.3) is 10.9 Å². The van der Waals surface area contributed by atoms with Crippen molar-refractivity contribution in [2.45, 2.75) is 12.5 Å². The van der Waals surface area contributed by atoms with E-state index in [0.717, 1.165) is 23.1 Å². The van der Waals surface area contributed by atoms with Crippen molar-refractivity contribution in [1.82, 2.24) is 4.98 Å². The molecule has 0 bridgehead atoms. The summed E-state index contributed by atoms with van der Waals surface area (Å²) in [7, 11) is 0. The molecule has 0 aliphatic carbocycles. The van der Waals surface area contributed by atoms with Gasteiger partial charge in [-0.25, -0.2) is 0 Å². The lowest BCUT2D eigenvalue weighted by atomic mass is 10.0. The molecule has 1 aromatic carbocycles. The number of hydrogen-bond donors (Lipinski definition) is 1. The molecule has 1 aliphatic rings. The average molecular weight is 200 g/mol. The normalized spacial score (nSPS) is 19.7. The van der Waals surface area contributed by atoms with Gasteiger partial charge in [-0.2, -0.15) is 0 Å². The predicted octanol–water partition coefficient (Wildman–Crippen LogP) is 1.50. The summed E-state index contributed by atoms with van der Waals surface area (Å²) in [4.78, 5) is 4.30. The molecule has 0 saturated carbocycles. The van der Waals surface area contributed by atoms with Crippen molar-refractivity contribution in [3.8, 4) is 5.75 Å². The first-order valence-electron chi connectivity index (χ1n) is 5.09. The highest BCUT2D eigenvalue weighted by atomic mass is 16.5. The van der Waals surface area contributed by atoms with Gasteiger partial charge in [-0.1, -0.05) is 6.07 Å². The topological polar surface area (TPSA) is 48.1 Å². The number of pyridine rings is 1. The van der Waals surface area contributed by atoms with E-state index in [1.165, 1.54) is 5.56 Å². The molecule has 76 valence electrons. The van der Waals surface area contributed by atoms with Gasteiger partial charge in [-0.05, 0) is 30.2 Å². The molecule has 0 saturated heterocycles. The first-order chi connectivity index (χ1) is 7.34. The number of benzene rings is 1. The molecule has 1 aliphatic heterocycles. The molecule has 3 nitrogen and oxygen atoms in total. The van der Waals surface area contributed by atoms with E-state index >= 15 is 0 Å². The molecule has 0 radical (unpaired) electrons. The minimum Gasteiger partial charge on any atom is -0.491 e. The lowest BCUT2D eigenvalue weighted by Crippen LogP contribution is -2.33. The van der Waals surface area contributed by atoms with Crippen LogP contribution in [0.2, 0.25) is 0 Å². The lowest BCUT2D eigenvalue weighted by molar-refractivity contribution is 0.267. The summed E-state index contributed by atoms with van der Waals surface area (Å²) in [5, 5.41) is 1.09. The summed E-state index contributed by atoms with van der Waals surface area (Å²) in [5.41, 5.74) is 8.02. The van der Waals surface area contributed by atoms with Crippen LogP contribution in [0.5, 0.6) is 5.75 Å². The molecule has 2 heterocycles. The number of rotatable bonds is 0. The van der Waals surface area contributed by atoms with Crippen molar-refractivity contribution in [3.63, 3.8) is 0 Å². The number of ether oxygens (including phenoxy) is 1. The van der Waals surface area contributed by atoms with Gasteiger partial charge in [0.05, 0.1) is 5.52 Å². The Hall–Kier alpha value is -1.61. The third kappa shape index (κ3) is 1.36. The van der Waals surface area contributed by atoms with Crippen molar-refractivity contribution in [1.29, 1.82) is 0 Å². The second kappa shape index (κ2) is 3.21. The maximum atomic E-state index is 5.85. The molecule has 3 rings (SSSR count). The van der Waals surface area contributed by atoms with Crippen LogP contribution in [0, 0.1) is 0 Å². The van der Waals surface area contributed by atoms with Crippen molar-refractivity contribution in [2.24, 2.45) is 5.73 Å². The Balaban J connectivity index is 2.25. The van der Waals surface area contributed by atoms with Crippen LogP contribution < -0.4 is 10.5 Å². The summed E-state index contributed by atoms with van der Waals surface area (Å²) >= 11 is 0. The van der Waals surface area contributed by atoms with Crippen molar-refractivity contribution < 1.29 is 4.74 Å². The third-order valence-corrected chi connectivity index (χ3v) is 2.74. The molecule has 1 aromatic heterocycles. The summed E-state index contributed by atoms with van der Waals surface area (Å²) < 4.78 is 5.68. The number of fused-ring (bicyclic) bond motifs is 3. The third-order valence-electron chi connectivity index (χ3n) is 2.74. The van der Waals surface area contributed by atoms with Gasteiger partial charge < -0.3 is 10.5 Å². The van der Waals surface area contributed by atoms with E-state index in [4.69, 9.17) is 10.5 Å². The summed E-state index contributed by atoms with van der Waals surface area (Å²) in [5.74, 6) is 0.960. The van der Waals surface area contributed by atoms with E-state index in [1.807, 2.05) is 18.2 Å². The monoisotopic (exact) mass is 200 g/mol. The largest absolute Gasteiger partial charge is 0.491 e. The molecular formula is C12H12N2O. The Morgan fingerprint density at radius 3 is 3.20 bits per heavy atom. The quantitative estimate of drug-likeness (QED) is 0.701. The van der Waals surface area contributed by atoms with Gasteiger partial charge in [-0.3, -0.25) is 4.98 Å². The Bertz CT molecular complexity index is 510. The SMILES string of the molecule is NC1COc2c(ccc3ncccc23)C1. The molecule has 0 fully saturated rings. The van der Waals surface area contributed by atoms with Crippen molar-refractivity contribution in [3.05, 3.63) is 36.0 Å². The van der Waals surface area contributed by atoms with Gasteiger partial charge in [0.25, 0.3) is 0 Å². The number of nitrogens with zero attached hydrogens (tertiary/aromatic N) is 1. The molecule has 2 N–H and O–H groups in total. The second-order valence-corrected chi connectivity index (χ2v) is 3.90. The number of hydrogen-bond acceptors (Lipinski definition) is 3. The van der Waals surface area contributed by atoms with Gasteiger partial charge >= 0.3 is 0 Å². The Morgan fingerprint density at radius 1 is 1.33 bits per heavy atom. The first-order valence-corrected chi connectivity index (χ1v) is 5.09. The zero-order valence-electron chi connectivity index (χ0n) is 8.31. The van der Waals surface area contributed by atoms with E-state index in [-0.39, 0.29) is 6.04 Å². The van der Waals surface area contributed by atoms with E-state index in [2.05, 4.69) is 11.1 Å². The van der Waals surface area contributed by atoms with Crippen molar-refractivity contribution in [2.75, 3.05) is 6.61 Å². The van der Waals surface area contributed by atoms with Crippen LogP contribution in [-0.4, -0.2) is 17.6 Å². The highest BCUT2D eigenvalue weighted by Gasteiger charge is 2.18. The van der Waals surface area contributed by atoms with Gasteiger partial charge in [0.2, 0.25) is 0 Å². The van der Waals surface area contributed by atoms with Crippen LogP contribution in [0.3, 0.4) is 0 Å². The molecule has 0 amide bonds. The molecule has 3 heteroatoms. The molecule has 15 heavy (non-hydrogen) atoms. The van der Waals surface area contributed by atoms with Gasteiger partial charge in [0.1, 0.15) is 12.4 Å². The fourth-order valence-corrected chi connectivity index (χ4v) is 2.03. The van der Waals surface area contributed by atoms with Crippen LogP contribution >= 0.6 is 0 Å². The fraction of sp³-hybridized carbons (Fsp3) is 0.250. The fourth-order valence-electron chi connectivity index (χ4n) is 2.03. The standard InChI is InChI=1S/C12H12N2O/c13-9-6-8-3-4-11-10(2-1-5-14-11)12(8)15-7-9/h1-5,9H,6-7,13H2. The summed E-state index contributed by atoms with van der Waals surface area (Å²) in [6, 6.07) is 8.17. The number of aromatic nitrogens is 1. The minimum atomic E-state index is 0.117. The van der Waals surface area contributed by atoms with E-state index < -0.39 is 0 Å². The minimum absolute atomic E-state index is 0.117. The molecule has 1 unspecified atom stereocenters. The Morgan fingerprint density at radius 2 is 2.27 bits per heavy atom. The Labute approximate surface area is 87.9 Å². The van der Waals surface area contributed by atoms with Crippen molar-refractivity contribution >= 4 is 10.9 Å². The number of nitrogens with two attached hydrogens (primary N) is 1. The zero-order chi connectivity index (χ0) is 10.3. The zero-order valence-corrected chi connectivity index (χ0v) is 8.31. The Kier molecular flexibility index (Phi) is 1.86. The average Bonchev–Trinajstić information content (AvgIpc) is 2.28. The first kappa shape index (κ1) is 8.68. The van der Waals surface area contributed by atoms with Crippen LogP contribution in [-0.2, 0) is 6.42 Å². The van der Waals surface area contributed by atoms with Crippen LogP contribution in [0.4, 0.5) is 0 Å². The molecule has 2 aromatic rings. The second-order valence-electron chi connectivity index (χ2n) is 3.90. The molecule has 0 spiro atoms. The van der Waals surface area contributed by atoms with E-state index in [0.29, 0.717) is 6.61 Å². The lowest BCUT2D eigenvalue weighted by Gasteiger charge is -2.23. The van der Waals surface area contributed by atoms with Gasteiger partial charge in [0, 0.05) is 17.6 Å². The summed E-state index contributed by atoms with van der Waals surface area (Å²) in [6.07, 6.45) is 2.68. The molecule has 1 atom stereocenters. The maximum Gasteiger partial charge on any atom is 0.132 e. The summed E-state index contributed by atoms with van der Waals surface area (Å²) in [6.45, 7) is 0.598.